The Kier molecular flexibility index (Phi) is 4.82. The average Bonchev–Trinajstić information content (AvgIpc) is 2.94. The van der Waals surface area contributed by atoms with Crippen LogP contribution in [0.4, 0.5) is 5.69 Å². The second-order valence-corrected chi connectivity index (χ2v) is 5.06. The maximum atomic E-state index is 11.9. The fourth-order valence-electron chi connectivity index (χ4n) is 1.81. The van der Waals surface area contributed by atoms with Gasteiger partial charge in [-0.1, -0.05) is 17.7 Å². The van der Waals surface area contributed by atoms with Crippen molar-refractivity contribution in [3.63, 3.8) is 0 Å². The molecule has 0 unspecified atom stereocenters. The van der Waals surface area contributed by atoms with Crippen molar-refractivity contribution in [2.24, 2.45) is 0 Å². The summed E-state index contributed by atoms with van der Waals surface area (Å²) in [5.74, 6) is 0.686. The van der Waals surface area contributed by atoms with Gasteiger partial charge in [0.15, 0.2) is 0 Å². The number of rotatable bonds is 5. The van der Waals surface area contributed by atoms with Crippen LogP contribution in [0.1, 0.15) is 24.3 Å². The van der Waals surface area contributed by atoms with Gasteiger partial charge in [0.25, 0.3) is 0 Å². The molecule has 0 aliphatic heterocycles. The minimum atomic E-state index is -0.117. The molecule has 4 nitrogen and oxygen atoms in total. The van der Waals surface area contributed by atoms with E-state index in [1.165, 1.54) is 0 Å². The number of carbonyl (C=O) groups is 1. The first kappa shape index (κ1) is 14.6. The summed E-state index contributed by atoms with van der Waals surface area (Å²) in [6.45, 7) is 4.06. The van der Waals surface area contributed by atoms with E-state index in [2.05, 4.69) is 10.6 Å². The number of hydrogen-bond acceptors (Lipinski definition) is 3. The largest absolute Gasteiger partial charge is 0.468 e. The molecular weight excluding hydrogens is 276 g/mol. The molecule has 20 heavy (non-hydrogen) atoms. The quantitative estimate of drug-likeness (QED) is 0.886. The van der Waals surface area contributed by atoms with Crippen molar-refractivity contribution in [3.05, 3.63) is 52.9 Å². The monoisotopic (exact) mass is 292 g/mol. The predicted molar refractivity (Wildman–Crippen MR) is 79.9 cm³/mol. The molecule has 2 aromatic rings. The molecule has 1 aromatic carbocycles. The van der Waals surface area contributed by atoms with Gasteiger partial charge in [0.05, 0.1) is 18.8 Å². The number of benzene rings is 1. The molecule has 1 amide bonds. The highest BCUT2D eigenvalue weighted by atomic mass is 35.5. The van der Waals surface area contributed by atoms with Gasteiger partial charge in [-0.25, -0.2) is 0 Å². The number of nitrogens with one attached hydrogen (secondary N) is 2. The van der Waals surface area contributed by atoms with E-state index < -0.39 is 0 Å². The van der Waals surface area contributed by atoms with Crippen LogP contribution >= 0.6 is 11.6 Å². The Hall–Kier alpha value is -1.78. The van der Waals surface area contributed by atoms with Crippen LogP contribution in [0.3, 0.4) is 0 Å². The summed E-state index contributed by atoms with van der Waals surface area (Å²) in [6.07, 6.45) is 1.61. The summed E-state index contributed by atoms with van der Waals surface area (Å²) in [6, 6.07) is 9.08. The van der Waals surface area contributed by atoms with Crippen molar-refractivity contribution < 1.29 is 9.21 Å². The highest BCUT2D eigenvalue weighted by Gasteiger charge is 2.10. The van der Waals surface area contributed by atoms with Crippen molar-refractivity contribution >= 4 is 23.2 Å². The molecule has 1 atom stereocenters. The zero-order valence-corrected chi connectivity index (χ0v) is 12.2. The molecule has 0 spiro atoms. The van der Waals surface area contributed by atoms with E-state index in [1.807, 2.05) is 32.0 Å². The van der Waals surface area contributed by atoms with Gasteiger partial charge in [0, 0.05) is 10.7 Å². The van der Waals surface area contributed by atoms with Gasteiger partial charge in [0.2, 0.25) is 5.91 Å². The first-order valence-electron chi connectivity index (χ1n) is 6.39. The minimum Gasteiger partial charge on any atom is -0.468 e. The zero-order valence-electron chi connectivity index (χ0n) is 11.4. The van der Waals surface area contributed by atoms with Crippen LogP contribution in [-0.2, 0) is 4.79 Å². The summed E-state index contributed by atoms with van der Waals surface area (Å²) in [7, 11) is 0. The van der Waals surface area contributed by atoms with Crippen LogP contribution in [0.5, 0.6) is 0 Å². The van der Waals surface area contributed by atoms with Gasteiger partial charge in [-0.2, -0.15) is 0 Å². The molecule has 0 fully saturated rings. The maximum absolute atomic E-state index is 11.9. The molecule has 0 radical (unpaired) electrons. The summed E-state index contributed by atoms with van der Waals surface area (Å²) >= 11 is 5.92. The smallest absolute Gasteiger partial charge is 0.238 e. The molecular formula is C15H17ClN2O2. The third kappa shape index (κ3) is 3.85. The van der Waals surface area contributed by atoms with Crippen molar-refractivity contribution in [2.45, 2.75) is 19.9 Å². The molecule has 106 valence electrons. The second-order valence-electron chi connectivity index (χ2n) is 4.63. The minimum absolute atomic E-state index is 0.0174. The van der Waals surface area contributed by atoms with Crippen molar-refractivity contribution in [2.75, 3.05) is 11.9 Å². The Morgan fingerprint density at radius 2 is 2.20 bits per heavy atom. The fraction of sp³-hybridized carbons (Fsp3) is 0.267. The van der Waals surface area contributed by atoms with Crippen LogP contribution in [0.2, 0.25) is 5.02 Å². The van der Waals surface area contributed by atoms with Crippen LogP contribution in [0.25, 0.3) is 0 Å². The average molecular weight is 293 g/mol. The Balaban J connectivity index is 1.88. The molecule has 1 heterocycles. The molecule has 0 aliphatic rings. The third-order valence-corrected chi connectivity index (χ3v) is 3.25. The molecule has 0 aliphatic carbocycles. The van der Waals surface area contributed by atoms with E-state index >= 15 is 0 Å². The Morgan fingerprint density at radius 1 is 1.40 bits per heavy atom. The van der Waals surface area contributed by atoms with E-state index in [-0.39, 0.29) is 18.5 Å². The first-order chi connectivity index (χ1) is 9.56. The fourth-order valence-corrected chi connectivity index (χ4v) is 1.98. The Labute approximate surface area is 123 Å². The van der Waals surface area contributed by atoms with Crippen molar-refractivity contribution in [1.29, 1.82) is 0 Å². The lowest BCUT2D eigenvalue weighted by molar-refractivity contribution is -0.115. The van der Waals surface area contributed by atoms with Crippen molar-refractivity contribution in [1.82, 2.24) is 5.32 Å². The van der Waals surface area contributed by atoms with Gasteiger partial charge in [-0.15, -0.1) is 0 Å². The Bertz CT molecular complexity index is 582. The number of aryl methyl sites for hydroxylation is 1. The summed E-state index contributed by atoms with van der Waals surface area (Å²) in [5.41, 5.74) is 1.71. The van der Waals surface area contributed by atoms with Gasteiger partial charge < -0.3 is 9.73 Å². The summed E-state index contributed by atoms with van der Waals surface area (Å²) < 4.78 is 5.27. The van der Waals surface area contributed by atoms with Crippen LogP contribution in [0, 0.1) is 6.92 Å². The first-order valence-corrected chi connectivity index (χ1v) is 6.77. The highest BCUT2D eigenvalue weighted by molar-refractivity contribution is 6.31. The number of anilines is 1. The molecule has 0 saturated carbocycles. The summed E-state index contributed by atoms with van der Waals surface area (Å²) in [4.78, 5) is 11.9. The third-order valence-electron chi connectivity index (χ3n) is 3.01. The normalized spacial score (nSPS) is 12.2. The van der Waals surface area contributed by atoms with Crippen LogP contribution in [0.15, 0.2) is 41.0 Å². The van der Waals surface area contributed by atoms with Gasteiger partial charge in [-0.05, 0) is 43.7 Å². The zero-order chi connectivity index (χ0) is 14.5. The van der Waals surface area contributed by atoms with Crippen LogP contribution in [-0.4, -0.2) is 12.5 Å². The van der Waals surface area contributed by atoms with Crippen LogP contribution < -0.4 is 10.6 Å². The topological polar surface area (TPSA) is 54.3 Å². The molecule has 0 saturated heterocycles. The molecule has 2 rings (SSSR count). The van der Waals surface area contributed by atoms with E-state index in [0.29, 0.717) is 5.02 Å². The van der Waals surface area contributed by atoms with Crippen molar-refractivity contribution in [3.8, 4) is 0 Å². The standard InChI is InChI=1S/C15H17ClN2O2/c1-10-5-6-12(16)8-13(10)18-15(19)9-17-11(2)14-4-3-7-20-14/h3-8,11,17H,9H2,1-2H3,(H,18,19)/t11-/m1/s1. The van der Waals surface area contributed by atoms with Gasteiger partial charge in [-0.3, -0.25) is 10.1 Å². The van der Waals surface area contributed by atoms with E-state index in [1.54, 1.807) is 18.4 Å². The van der Waals surface area contributed by atoms with E-state index in [9.17, 15) is 4.79 Å². The number of furan rings is 1. The molecule has 2 N–H and O–H groups in total. The SMILES string of the molecule is Cc1ccc(Cl)cc1NC(=O)CN[C@H](C)c1ccco1. The summed E-state index contributed by atoms with van der Waals surface area (Å²) in [5, 5.41) is 6.54. The van der Waals surface area contributed by atoms with Gasteiger partial charge in [0.1, 0.15) is 5.76 Å². The lowest BCUT2D eigenvalue weighted by Crippen LogP contribution is -2.30. The molecule has 1 aromatic heterocycles. The van der Waals surface area contributed by atoms with Gasteiger partial charge >= 0.3 is 0 Å². The highest BCUT2D eigenvalue weighted by Crippen LogP contribution is 2.20. The lowest BCUT2D eigenvalue weighted by Gasteiger charge is -2.12. The number of halogens is 1. The number of carbonyl (C=O) groups excluding carboxylic acids is 1. The molecule has 0 bridgehead atoms. The predicted octanol–water partition coefficient (Wildman–Crippen LogP) is 3.53. The lowest BCUT2D eigenvalue weighted by atomic mass is 10.2. The second kappa shape index (κ2) is 6.59. The van der Waals surface area contributed by atoms with E-state index in [0.717, 1.165) is 17.0 Å². The number of hydrogen-bond donors (Lipinski definition) is 2. The number of amides is 1. The maximum Gasteiger partial charge on any atom is 0.238 e. The Morgan fingerprint density at radius 3 is 2.90 bits per heavy atom. The molecule has 5 heteroatoms. The van der Waals surface area contributed by atoms with E-state index in [4.69, 9.17) is 16.0 Å².